The zero-order chi connectivity index (χ0) is 27.7. The van der Waals surface area contributed by atoms with Crippen molar-refractivity contribution in [2.45, 2.75) is 51.5 Å². The Morgan fingerprint density at radius 3 is 2.23 bits per heavy atom. The number of benzene rings is 3. The van der Waals surface area contributed by atoms with Gasteiger partial charge in [0.1, 0.15) is 5.82 Å². The highest BCUT2D eigenvalue weighted by Crippen LogP contribution is 2.33. The number of unbranched alkanes of at least 4 members (excludes halogenated alkanes) is 1. The molecule has 1 saturated heterocycles. The molecule has 0 spiro atoms. The fourth-order valence-electron chi connectivity index (χ4n) is 5.59. The summed E-state index contributed by atoms with van der Waals surface area (Å²) in [7, 11) is 0. The second-order valence-electron chi connectivity index (χ2n) is 11.2. The molecule has 3 aromatic carbocycles. The van der Waals surface area contributed by atoms with Gasteiger partial charge in [-0.05, 0) is 66.7 Å². The first-order valence-electron chi connectivity index (χ1n) is 14.7. The van der Waals surface area contributed by atoms with Crippen molar-refractivity contribution < 1.29 is 0 Å². The van der Waals surface area contributed by atoms with Crippen LogP contribution in [0.4, 0.5) is 5.82 Å². The monoisotopic (exact) mass is 530 g/mol. The maximum absolute atomic E-state index is 4.71. The molecule has 4 heteroatoms. The van der Waals surface area contributed by atoms with Crippen molar-refractivity contribution in [3.8, 4) is 11.1 Å². The molecule has 206 valence electrons. The molecule has 1 atom stereocenters. The summed E-state index contributed by atoms with van der Waals surface area (Å²) in [6, 6.07) is 30.1. The lowest BCUT2D eigenvalue weighted by atomic mass is 9.95. The minimum Gasteiger partial charge on any atom is -0.373 e. The molecule has 4 aromatic rings. The third-order valence-electron chi connectivity index (χ3n) is 8.08. The van der Waals surface area contributed by atoms with Crippen LogP contribution >= 0.6 is 0 Å². The van der Waals surface area contributed by atoms with Crippen LogP contribution in [0.1, 0.15) is 56.2 Å². The molecule has 0 amide bonds. The summed E-state index contributed by atoms with van der Waals surface area (Å²) in [4.78, 5) is 7.18. The summed E-state index contributed by atoms with van der Waals surface area (Å²) >= 11 is 0. The molecule has 1 fully saturated rings. The SMILES string of the molecule is C=C(CCCCc1ccccc1)Nc1cn(C(C(=C)N2CCC(C)CC2)c2ccc(-c3ccccc3)cc2)cn1. The average molecular weight is 531 g/mol. The normalized spacial score (nSPS) is 14.6. The molecule has 0 radical (unpaired) electrons. The number of aromatic nitrogens is 2. The van der Waals surface area contributed by atoms with E-state index < -0.39 is 0 Å². The lowest BCUT2D eigenvalue weighted by Crippen LogP contribution is -2.35. The van der Waals surface area contributed by atoms with Crippen LogP contribution in [0, 0.1) is 5.92 Å². The largest absolute Gasteiger partial charge is 0.373 e. The Kier molecular flexibility index (Phi) is 9.18. The molecule has 1 aliphatic heterocycles. The van der Waals surface area contributed by atoms with E-state index in [4.69, 9.17) is 4.98 Å². The Morgan fingerprint density at radius 2 is 1.52 bits per heavy atom. The first kappa shape index (κ1) is 27.5. The summed E-state index contributed by atoms with van der Waals surface area (Å²) < 4.78 is 2.20. The average Bonchev–Trinajstić information content (AvgIpc) is 3.44. The summed E-state index contributed by atoms with van der Waals surface area (Å²) in [5.74, 6) is 1.61. The number of piperidine rings is 1. The maximum atomic E-state index is 4.71. The van der Waals surface area contributed by atoms with Crippen LogP contribution in [-0.2, 0) is 6.42 Å². The van der Waals surface area contributed by atoms with E-state index in [0.717, 1.165) is 61.9 Å². The van der Waals surface area contributed by atoms with Gasteiger partial charge in [-0.3, -0.25) is 0 Å². The third-order valence-corrected chi connectivity index (χ3v) is 8.08. The van der Waals surface area contributed by atoms with Crippen LogP contribution in [-0.4, -0.2) is 27.5 Å². The number of imidazole rings is 1. The van der Waals surface area contributed by atoms with E-state index in [-0.39, 0.29) is 6.04 Å². The highest BCUT2D eigenvalue weighted by atomic mass is 15.2. The predicted molar refractivity (Wildman–Crippen MR) is 168 cm³/mol. The van der Waals surface area contributed by atoms with Gasteiger partial charge in [0.05, 0.1) is 12.4 Å². The summed E-state index contributed by atoms with van der Waals surface area (Å²) in [5.41, 5.74) is 7.19. The molecule has 1 aromatic heterocycles. The van der Waals surface area contributed by atoms with E-state index in [9.17, 15) is 0 Å². The van der Waals surface area contributed by atoms with Crippen LogP contribution in [0.5, 0.6) is 0 Å². The molecule has 1 unspecified atom stereocenters. The molecule has 1 N–H and O–H groups in total. The van der Waals surface area contributed by atoms with Crippen LogP contribution in [0.15, 0.2) is 122 Å². The summed E-state index contributed by atoms with van der Waals surface area (Å²) in [6.45, 7) is 13.4. The Balaban J connectivity index is 1.27. The fourth-order valence-corrected chi connectivity index (χ4v) is 5.59. The van der Waals surface area contributed by atoms with Gasteiger partial charge in [0, 0.05) is 30.7 Å². The van der Waals surface area contributed by atoms with Gasteiger partial charge >= 0.3 is 0 Å². The number of hydrogen-bond acceptors (Lipinski definition) is 3. The molecule has 2 heterocycles. The molecule has 40 heavy (non-hydrogen) atoms. The Labute approximate surface area is 240 Å². The first-order chi connectivity index (χ1) is 19.6. The number of rotatable bonds is 12. The quantitative estimate of drug-likeness (QED) is 0.186. The minimum absolute atomic E-state index is 0.0135. The van der Waals surface area contributed by atoms with Crippen LogP contribution in [0.3, 0.4) is 0 Å². The number of aryl methyl sites for hydroxylation is 1. The molecular weight excluding hydrogens is 488 g/mol. The standard InChI is InChI=1S/C36H42N4/c1-28-22-24-39(25-23-28)30(3)36(34-20-18-33(19-21-34)32-16-8-5-9-17-32)40-26-35(37-27-40)38-29(2)12-10-11-15-31-13-6-4-7-14-31/h4-9,13-14,16-21,26-28,36,38H,2-3,10-12,15,22-25H2,1H3. The van der Waals surface area contributed by atoms with Gasteiger partial charge in [-0.15, -0.1) is 0 Å². The van der Waals surface area contributed by atoms with Gasteiger partial charge in [-0.1, -0.05) is 105 Å². The zero-order valence-corrected chi connectivity index (χ0v) is 23.8. The van der Waals surface area contributed by atoms with Crippen LogP contribution in [0.25, 0.3) is 11.1 Å². The smallest absolute Gasteiger partial charge is 0.148 e. The van der Waals surface area contributed by atoms with E-state index in [2.05, 4.69) is 126 Å². The Morgan fingerprint density at radius 1 is 0.875 bits per heavy atom. The van der Waals surface area contributed by atoms with E-state index in [1.54, 1.807) is 0 Å². The van der Waals surface area contributed by atoms with Gasteiger partial charge in [-0.2, -0.15) is 0 Å². The number of nitrogens with zero attached hydrogens (tertiary/aromatic N) is 3. The van der Waals surface area contributed by atoms with E-state index in [1.807, 2.05) is 6.33 Å². The van der Waals surface area contributed by atoms with Gasteiger partial charge in [0.25, 0.3) is 0 Å². The Hall–Kier alpha value is -4.05. The molecule has 0 bridgehead atoms. The van der Waals surface area contributed by atoms with Gasteiger partial charge in [0.15, 0.2) is 0 Å². The highest BCUT2D eigenvalue weighted by molar-refractivity contribution is 5.63. The van der Waals surface area contributed by atoms with Crippen molar-refractivity contribution in [3.05, 3.63) is 133 Å². The number of hydrogen-bond donors (Lipinski definition) is 1. The molecule has 1 aliphatic rings. The van der Waals surface area contributed by atoms with Crippen molar-refractivity contribution >= 4 is 5.82 Å². The van der Waals surface area contributed by atoms with Crippen LogP contribution in [0.2, 0.25) is 0 Å². The summed E-state index contributed by atoms with van der Waals surface area (Å²) in [5, 5.41) is 3.45. The van der Waals surface area contributed by atoms with Crippen molar-refractivity contribution in [3.63, 3.8) is 0 Å². The van der Waals surface area contributed by atoms with Gasteiger partial charge in [-0.25, -0.2) is 4.98 Å². The van der Waals surface area contributed by atoms with Gasteiger partial charge in [0.2, 0.25) is 0 Å². The van der Waals surface area contributed by atoms with Crippen molar-refractivity contribution in [1.82, 2.24) is 14.5 Å². The maximum Gasteiger partial charge on any atom is 0.148 e. The van der Waals surface area contributed by atoms with E-state index in [0.29, 0.717) is 0 Å². The lowest BCUT2D eigenvalue weighted by molar-refractivity contribution is 0.222. The van der Waals surface area contributed by atoms with Gasteiger partial charge < -0.3 is 14.8 Å². The molecular formula is C36H42N4. The second kappa shape index (κ2) is 13.3. The topological polar surface area (TPSA) is 33.1 Å². The zero-order valence-electron chi connectivity index (χ0n) is 23.8. The number of nitrogens with one attached hydrogen (secondary N) is 1. The van der Waals surface area contributed by atoms with Crippen molar-refractivity contribution in [2.75, 3.05) is 18.4 Å². The lowest BCUT2D eigenvalue weighted by Gasteiger charge is -2.37. The van der Waals surface area contributed by atoms with Crippen molar-refractivity contribution in [1.29, 1.82) is 0 Å². The molecule has 4 nitrogen and oxygen atoms in total. The van der Waals surface area contributed by atoms with E-state index in [1.165, 1.54) is 35.1 Å². The van der Waals surface area contributed by atoms with Crippen LogP contribution < -0.4 is 5.32 Å². The first-order valence-corrected chi connectivity index (χ1v) is 14.7. The third kappa shape index (κ3) is 7.12. The number of allylic oxidation sites excluding steroid dienone is 2. The van der Waals surface area contributed by atoms with E-state index >= 15 is 0 Å². The minimum atomic E-state index is -0.0135. The molecule has 0 aliphatic carbocycles. The number of likely N-dealkylation sites (tertiary alicyclic amines) is 1. The fraction of sp³-hybridized carbons (Fsp3) is 0.306. The second-order valence-corrected chi connectivity index (χ2v) is 11.2. The van der Waals surface area contributed by atoms with Crippen molar-refractivity contribution in [2.24, 2.45) is 5.92 Å². The molecule has 0 saturated carbocycles. The summed E-state index contributed by atoms with van der Waals surface area (Å²) in [6.07, 6.45) is 10.7. The molecule has 5 rings (SSSR count). The highest BCUT2D eigenvalue weighted by Gasteiger charge is 2.25. The Bertz CT molecular complexity index is 1360. The number of anilines is 1. The predicted octanol–water partition coefficient (Wildman–Crippen LogP) is 8.72.